The number of ether oxygens (including phenoxy) is 1. The Kier molecular flexibility index (Phi) is 5.73. The van der Waals surface area contributed by atoms with Crippen molar-refractivity contribution in [2.45, 2.75) is 23.4 Å². The first-order valence-corrected chi connectivity index (χ1v) is 9.11. The molecular weight excluding hydrogens is 391 g/mol. The molecule has 0 radical (unpaired) electrons. The van der Waals surface area contributed by atoms with Crippen LogP contribution in [0.4, 0.5) is 18.9 Å². The third kappa shape index (κ3) is 4.53. The van der Waals surface area contributed by atoms with Crippen LogP contribution in [0.25, 0.3) is 10.9 Å². The number of thioether (sulfide) groups is 1. The van der Waals surface area contributed by atoms with E-state index in [1.165, 1.54) is 13.2 Å². The van der Waals surface area contributed by atoms with Gasteiger partial charge >= 0.3 is 6.18 Å². The Hall–Kier alpha value is -2.81. The summed E-state index contributed by atoms with van der Waals surface area (Å²) in [7, 11) is 1.51. The lowest BCUT2D eigenvalue weighted by Crippen LogP contribution is -2.23. The molecule has 3 rings (SSSR count). The fraction of sp³-hybridized carbons (Fsp3) is 0.211. The maximum Gasteiger partial charge on any atom is 0.451 e. The van der Waals surface area contributed by atoms with Crippen molar-refractivity contribution >= 4 is 34.3 Å². The fourth-order valence-electron chi connectivity index (χ4n) is 2.43. The average molecular weight is 407 g/mol. The summed E-state index contributed by atoms with van der Waals surface area (Å²) in [4.78, 5) is 19.7. The first-order valence-electron chi connectivity index (χ1n) is 8.23. The van der Waals surface area contributed by atoms with E-state index < -0.39 is 17.3 Å². The van der Waals surface area contributed by atoms with Gasteiger partial charge in [0, 0.05) is 17.1 Å². The maximum absolute atomic E-state index is 13.1. The van der Waals surface area contributed by atoms with E-state index in [0.29, 0.717) is 16.8 Å². The SMILES string of the molecule is COc1cccc(NC(=O)[C@@H](C)Sc2nc(C(F)(F)F)nc3ccccc23)c1. The van der Waals surface area contributed by atoms with Gasteiger partial charge < -0.3 is 10.1 Å². The first kappa shape index (κ1) is 19.9. The number of hydrogen-bond donors (Lipinski definition) is 1. The van der Waals surface area contributed by atoms with Crippen molar-refractivity contribution in [3.8, 4) is 5.75 Å². The average Bonchev–Trinajstić information content (AvgIpc) is 2.67. The highest BCUT2D eigenvalue weighted by Gasteiger charge is 2.35. The Labute approximate surface area is 163 Å². The van der Waals surface area contributed by atoms with E-state index in [0.717, 1.165) is 11.8 Å². The van der Waals surface area contributed by atoms with Gasteiger partial charge in [-0.1, -0.05) is 36.0 Å². The number of carbonyl (C=O) groups excluding carboxylic acids is 1. The summed E-state index contributed by atoms with van der Waals surface area (Å²) in [5.74, 6) is -1.02. The van der Waals surface area contributed by atoms with Gasteiger partial charge in [-0.25, -0.2) is 9.97 Å². The number of nitrogens with one attached hydrogen (secondary N) is 1. The molecule has 0 bridgehead atoms. The highest BCUT2D eigenvalue weighted by atomic mass is 32.2. The molecule has 1 N–H and O–H groups in total. The monoisotopic (exact) mass is 407 g/mol. The summed E-state index contributed by atoms with van der Waals surface area (Å²) in [6.07, 6.45) is -4.68. The number of hydrogen-bond acceptors (Lipinski definition) is 5. The van der Waals surface area contributed by atoms with E-state index in [1.807, 2.05) is 0 Å². The van der Waals surface area contributed by atoms with Gasteiger partial charge in [0.05, 0.1) is 17.9 Å². The zero-order valence-electron chi connectivity index (χ0n) is 14.9. The number of methoxy groups -OCH3 is 1. The number of alkyl halides is 3. The lowest BCUT2D eigenvalue weighted by molar-refractivity contribution is -0.145. The molecule has 0 unspecified atom stereocenters. The van der Waals surface area contributed by atoms with Gasteiger partial charge in [-0.05, 0) is 25.1 Å². The van der Waals surface area contributed by atoms with Gasteiger partial charge in [-0.15, -0.1) is 0 Å². The molecule has 1 heterocycles. The van der Waals surface area contributed by atoms with Crippen molar-refractivity contribution in [3.05, 3.63) is 54.4 Å². The van der Waals surface area contributed by atoms with E-state index in [1.54, 1.807) is 49.4 Å². The van der Waals surface area contributed by atoms with Gasteiger partial charge in [-0.3, -0.25) is 4.79 Å². The Balaban J connectivity index is 1.85. The zero-order valence-corrected chi connectivity index (χ0v) is 15.8. The molecule has 0 spiro atoms. The highest BCUT2D eigenvalue weighted by molar-refractivity contribution is 8.00. The number of anilines is 1. The van der Waals surface area contributed by atoms with Crippen LogP contribution in [0.15, 0.2) is 53.6 Å². The lowest BCUT2D eigenvalue weighted by atomic mass is 10.2. The lowest BCUT2D eigenvalue weighted by Gasteiger charge is -2.14. The fourth-order valence-corrected chi connectivity index (χ4v) is 3.37. The topological polar surface area (TPSA) is 64.1 Å². The Morgan fingerprint density at radius 2 is 1.89 bits per heavy atom. The number of fused-ring (bicyclic) bond motifs is 1. The third-order valence-corrected chi connectivity index (χ3v) is 4.92. The van der Waals surface area contributed by atoms with Crippen LogP contribution >= 0.6 is 11.8 Å². The number of amides is 1. The number of aromatic nitrogens is 2. The molecule has 9 heteroatoms. The molecule has 0 saturated carbocycles. The van der Waals surface area contributed by atoms with Gasteiger partial charge in [0.25, 0.3) is 0 Å². The quantitative estimate of drug-likeness (QED) is 0.487. The maximum atomic E-state index is 13.1. The standard InChI is InChI=1S/C19H16F3N3O2S/c1-11(16(26)23-12-6-5-7-13(10-12)27-2)28-17-14-8-3-4-9-15(14)24-18(25-17)19(20,21)22/h3-11H,1-2H3,(H,23,26)/t11-/m1/s1. The van der Waals surface area contributed by atoms with E-state index in [-0.39, 0.29) is 16.4 Å². The molecule has 0 saturated heterocycles. The number of benzene rings is 2. The van der Waals surface area contributed by atoms with Crippen molar-refractivity contribution in [2.24, 2.45) is 0 Å². The Morgan fingerprint density at radius 3 is 2.61 bits per heavy atom. The number of nitrogens with zero attached hydrogens (tertiary/aromatic N) is 2. The highest BCUT2D eigenvalue weighted by Crippen LogP contribution is 2.33. The smallest absolute Gasteiger partial charge is 0.451 e. The molecule has 0 aliphatic rings. The molecular formula is C19H16F3N3O2S. The van der Waals surface area contributed by atoms with Crippen LogP contribution < -0.4 is 10.1 Å². The Bertz CT molecular complexity index is 1010. The normalized spacial score (nSPS) is 12.6. The molecule has 1 aromatic heterocycles. The van der Waals surface area contributed by atoms with Crippen LogP contribution in [-0.2, 0) is 11.0 Å². The van der Waals surface area contributed by atoms with Crippen molar-refractivity contribution in [1.82, 2.24) is 9.97 Å². The van der Waals surface area contributed by atoms with Gasteiger partial charge in [0.2, 0.25) is 11.7 Å². The number of carbonyl (C=O) groups is 1. The second-order valence-corrected chi connectivity index (χ2v) is 7.18. The largest absolute Gasteiger partial charge is 0.497 e. The summed E-state index contributed by atoms with van der Waals surface area (Å²) in [5, 5.41) is 2.60. The van der Waals surface area contributed by atoms with Crippen molar-refractivity contribution in [2.75, 3.05) is 12.4 Å². The predicted molar refractivity (Wildman–Crippen MR) is 101 cm³/mol. The summed E-state index contributed by atoms with van der Waals surface area (Å²) in [6.45, 7) is 1.60. The van der Waals surface area contributed by atoms with Gasteiger partial charge in [-0.2, -0.15) is 13.2 Å². The third-order valence-electron chi connectivity index (χ3n) is 3.82. The molecule has 0 fully saturated rings. The number of rotatable bonds is 5. The van der Waals surface area contributed by atoms with Crippen LogP contribution in [0.2, 0.25) is 0 Å². The van der Waals surface area contributed by atoms with Gasteiger partial charge in [0.15, 0.2) is 0 Å². The molecule has 1 atom stereocenters. The van der Waals surface area contributed by atoms with Crippen molar-refractivity contribution in [1.29, 1.82) is 0 Å². The number of halogens is 3. The molecule has 3 aromatic rings. The minimum atomic E-state index is -4.68. The van der Waals surface area contributed by atoms with E-state index in [2.05, 4.69) is 15.3 Å². The van der Waals surface area contributed by atoms with E-state index in [4.69, 9.17) is 4.74 Å². The number of para-hydroxylation sites is 1. The van der Waals surface area contributed by atoms with Crippen LogP contribution in [0.3, 0.4) is 0 Å². The van der Waals surface area contributed by atoms with Crippen LogP contribution in [0.5, 0.6) is 5.75 Å². The molecule has 5 nitrogen and oxygen atoms in total. The van der Waals surface area contributed by atoms with E-state index in [9.17, 15) is 18.0 Å². The summed E-state index contributed by atoms with van der Waals surface area (Å²) >= 11 is 0.946. The van der Waals surface area contributed by atoms with Gasteiger partial charge in [0.1, 0.15) is 10.8 Å². The second-order valence-electron chi connectivity index (χ2n) is 5.85. The summed E-state index contributed by atoms with van der Waals surface area (Å²) < 4.78 is 44.5. The Morgan fingerprint density at radius 1 is 1.14 bits per heavy atom. The van der Waals surface area contributed by atoms with E-state index >= 15 is 0 Å². The predicted octanol–water partition coefficient (Wildman–Crippen LogP) is 4.78. The second kappa shape index (κ2) is 8.05. The minimum absolute atomic E-state index is 0.103. The molecule has 1 amide bonds. The molecule has 2 aromatic carbocycles. The molecule has 0 aliphatic heterocycles. The van der Waals surface area contributed by atoms with Crippen LogP contribution in [0.1, 0.15) is 12.7 Å². The zero-order chi connectivity index (χ0) is 20.3. The molecule has 146 valence electrons. The molecule has 0 aliphatic carbocycles. The molecule has 28 heavy (non-hydrogen) atoms. The van der Waals surface area contributed by atoms with Crippen LogP contribution in [0, 0.1) is 0 Å². The van der Waals surface area contributed by atoms with Crippen LogP contribution in [-0.4, -0.2) is 28.2 Å². The van der Waals surface area contributed by atoms with Crippen molar-refractivity contribution < 1.29 is 22.7 Å². The summed E-state index contributed by atoms with van der Waals surface area (Å²) in [5.41, 5.74) is 0.702. The minimum Gasteiger partial charge on any atom is -0.497 e. The first-order chi connectivity index (χ1) is 13.3. The summed E-state index contributed by atoms with van der Waals surface area (Å²) in [6, 6.07) is 13.2. The van der Waals surface area contributed by atoms with Crippen molar-refractivity contribution in [3.63, 3.8) is 0 Å².